The van der Waals surface area contributed by atoms with Crippen LogP contribution in [0, 0.1) is 0 Å². The van der Waals surface area contributed by atoms with Crippen LogP contribution in [-0.2, 0) is 24.8 Å². The lowest BCUT2D eigenvalue weighted by Gasteiger charge is -2.19. The third-order valence-corrected chi connectivity index (χ3v) is 4.86. The maximum absolute atomic E-state index is 13.2. The number of carbonyl (C=O) groups excluding carboxylic acids is 1. The molecule has 152 valence electrons. The number of amides is 1. The molecular formula is C21H24N4O4. The molecular weight excluding hydrogens is 372 g/mol. The Morgan fingerprint density at radius 3 is 2.48 bits per heavy atom. The number of anilines is 1. The van der Waals surface area contributed by atoms with Crippen molar-refractivity contribution in [2.45, 2.75) is 26.8 Å². The summed E-state index contributed by atoms with van der Waals surface area (Å²) in [5, 5.41) is 0.212. The summed E-state index contributed by atoms with van der Waals surface area (Å²) in [5.41, 5.74) is 0.504. The van der Waals surface area contributed by atoms with Gasteiger partial charge < -0.3 is 9.64 Å². The molecule has 0 fully saturated rings. The van der Waals surface area contributed by atoms with Gasteiger partial charge in [0.15, 0.2) is 5.65 Å². The largest absolute Gasteiger partial charge is 0.493 e. The second-order valence-corrected chi connectivity index (χ2v) is 6.62. The topological polar surface area (TPSA) is 86.4 Å². The van der Waals surface area contributed by atoms with E-state index in [0.717, 1.165) is 10.1 Å². The number of likely N-dealkylation sites (N-methyl/N-ethyl adjacent to an activating group) is 1. The number of fused-ring (bicyclic) bond motifs is 1. The van der Waals surface area contributed by atoms with Crippen molar-refractivity contribution in [2.24, 2.45) is 7.05 Å². The van der Waals surface area contributed by atoms with E-state index >= 15 is 0 Å². The zero-order valence-electron chi connectivity index (χ0n) is 17.0. The molecule has 0 N–H and O–H groups in total. The standard InChI is InChI=1S/C21H24N4O4/c1-5-14-12-22-19-17(18(14)29-6-2)20(27)25(21(28)24(19)4)13-16(26)23(3)15-10-8-7-9-11-15/h7-12H,5-6,13H2,1-4H3. The van der Waals surface area contributed by atoms with E-state index in [0.29, 0.717) is 24.5 Å². The Morgan fingerprint density at radius 2 is 1.86 bits per heavy atom. The summed E-state index contributed by atoms with van der Waals surface area (Å²) in [6.07, 6.45) is 2.24. The molecule has 29 heavy (non-hydrogen) atoms. The van der Waals surface area contributed by atoms with Gasteiger partial charge in [-0.25, -0.2) is 14.3 Å². The van der Waals surface area contributed by atoms with Gasteiger partial charge in [-0.05, 0) is 25.5 Å². The van der Waals surface area contributed by atoms with Crippen LogP contribution in [0.4, 0.5) is 5.69 Å². The van der Waals surface area contributed by atoms with Gasteiger partial charge in [-0.1, -0.05) is 25.1 Å². The number of rotatable bonds is 6. The van der Waals surface area contributed by atoms with Crippen molar-refractivity contribution >= 4 is 22.6 Å². The molecule has 1 amide bonds. The molecule has 3 aromatic rings. The third-order valence-electron chi connectivity index (χ3n) is 4.86. The van der Waals surface area contributed by atoms with E-state index in [1.165, 1.54) is 16.5 Å². The molecule has 0 unspecified atom stereocenters. The van der Waals surface area contributed by atoms with Crippen molar-refractivity contribution in [3.8, 4) is 5.75 Å². The van der Waals surface area contributed by atoms with Crippen molar-refractivity contribution in [3.63, 3.8) is 0 Å². The maximum atomic E-state index is 13.2. The number of nitrogens with zero attached hydrogens (tertiary/aromatic N) is 4. The Labute approximate surface area is 168 Å². The lowest BCUT2D eigenvalue weighted by molar-refractivity contribution is -0.119. The van der Waals surface area contributed by atoms with Gasteiger partial charge in [-0.15, -0.1) is 0 Å². The summed E-state index contributed by atoms with van der Waals surface area (Å²) in [7, 11) is 3.14. The number of hydrogen-bond donors (Lipinski definition) is 0. The molecule has 0 bridgehead atoms. The van der Waals surface area contributed by atoms with Gasteiger partial charge in [0, 0.05) is 31.5 Å². The maximum Gasteiger partial charge on any atom is 0.332 e. The van der Waals surface area contributed by atoms with Crippen molar-refractivity contribution in [2.75, 3.05) is 18.6 Å². The Bertz CT molecular complexity index is 1170. The lowest BCUT2D eigenvalue weighted by atomic mass is 10.1. The van der Waals surface area contributed by atoms with Crippen LogP contribution in [0.2, 0.25) is 0 Å². The molecule has 0 spiro atoms. The van der Waals surface area contributed by atoms with Crippen LogP contribution >= 0.6 is 0 Å². The normalized spacial score (nSPS) is 10.9. The molecule has 0 radical (unpaired) electrons. The van der Waals surface area contributed by atoms with E-state index in [4.69, 9.17) is 4.74 Å². The minimum Gasteiger partial charge on any atom is -0.493 e. The quantitative estimate of drug-likeness (QED) is 0.633. The lowest BCUT2D eigenvalue weighted by Crippen LogP contribution is -2.44. The van der Waals surface area contributed by atoms with Crippen LogP contribution in [0.15, 0.2) is 46.1 Å². The van der Waals surface area contributed by atoms with Gasteiger partial charge in [0.25, 0.3) is 5.56 Å². The van der Waals surface area contributed by atoms with Crippen LogP contribution in [-0.4, -0.2) is 33.7 Å². The smallest absolute Gasteiger partial charge is 0.332 e. The van der Waals surface area contributed by atoms with E-state index in [1.54, 1.807) is 25.4 Å². The molecule has 0 atom stereocenters. The second-order valence-electron chi connectivity index (χ2n) is 6.62. The highest BCUT2D eigenvalue weighted by molar-refractivity contribution is 5.92. The molecule has 0 aliphatic rings. The van der Waals surface area contributed by atoms with E-state index in [-0.39, 0.29) is 23.5 Å². The summed E-state index contributed by atoms with van der Waals surface area (Å²) in [5.74, 6) is 0.0329. The molecule has 0 saturated carbocycles. The van der Waals surface area contributed by atoms with Crippen molar-refractivity contribution in [1.29, 1.82) is 0 Å². The van der Waals surface area contributed by atoms with Gasteiger partial charge in [-0.2, -0.15) is 0 Å². The van der Waals surface area contributed by atoms with Crippen LogP contribution in [0.25, 0.3) is 11.0 Å². The second kappa shape index (κ2) is 8.30. The van der Waals surface area contributed by atoms with Crippen molar-refractivity contribution in [1.82, 2.24) is 14.1 Å². The summed E-state index contributed by atoms with van der Waals surface area (Å²) < 4.78 is 7.94. The van der Waals surface area contributed by atoms with Crippen LogP contribution in [0.3, 0.4) is 0 Å². The summed E-state index contributed by atoms with van der Waals surface area (Å²) >= 11 is 0. The number of carbonyl (C=O) groups is 1. The predicted octanol–water partition coefficient (Wildman–Crippen LogP) is 1.72. The SMILES string of the molecule is CCOc1c(CC)cnc2c1c(=O)n(CC(=O)N(C)c1ccccc1)c(=O)n2C. The molecule has 0 aliphatic carbocycles. The number of ether oxygens (including phenoxy) is 1. The van der Waals surface area contributed by atoms with Gasteiger partial charge >= 0.3 is 5.69 Å². The zero-order chi connectivity index (χ0) is 21.1. The van der Waals surface area contributed by atoms with Crippen molar-refractivity contribution < 1.29 is 9.53 Å². The minimum atomic E-state index is -0.600. The Hall–Kier alpha value is -3.42. The van der Waals surface area contributed by atoms with Gasteiger partial charge in [0.05, 0.1) is 6.61 Å². The van der Waals surface area contributed by atoms with E-state index in [2.05, 4.69) is 4.98 Å². The van der Waals surface area contributed by atoms with Gasteiger partial charge in [0.1, 0.15) is 17.7 Å². The molecule has 2 aromatic heterocycles. The first-order valence-electron chi connectivity index (χ1n) is 9.46. The molecule has 8 heteroatoms. The van der Waals surface area contributed by atoms with E-state index in [9.17, 15) is 14.4 Å². The first-order chi connectivity index (χ1) is 13.9. The molecule has 3 rings (SSSR count). The Morgan fingerprint density at radius 1 is 1.17 bits per heavy atom. The Balaban J connectivity index is 2.15. The molecule has 0 saturated heterocycles. The average molecular weight is 396 g/mol. The monoisotopic (exact) mass is 396 g/mol. The minimum absolute atomic E-state index is 0.212. The fourth-order valence-electron chi connectivity index (χ4n) is 3.20. The highest BCUT2D eigenvalue weighted by atomic mass is 16.5. The molecule has 1 aromatic carbocycles. The van der Waals surface area contributed by atoms with Crippen LogP contribution in [0.1, 0.15) is 19.4 Å². The summed E-state index contributed by atoms with van der Waals surface area (Å²) in [4.78, 5) is 44.5. The van der Waals surface area contributed by atoms with Crippen LogP contribution < -0.4 is 20.9 Å². The highest BCUT2D eigenvalue weighted by Crippen LogP contribution is 2.25. The molecule has 0 aliphatic heterocycles. The van der Waals surface area contributed by atoms with Gasteiger partial charge in [-0.3, -0.25) is 14.2 Å². The molecule has 2 heterocycles. The number of para-hydroxylation sites is 1. The van der Waals surface area contributed by atoms with E-state index < -0.39 is 11.2 Å². The summed E-state index contributed by atoms with van der Waals surface area (Å²) in [6, 6.07) is 9.03. The summed E-state index contributed by atoms with van der Waals surface area (Å²) in [6.45, 7) is 3.74. The number of hydrogen-bond acceptors (Lipinski definition) is 5. The third kappa shape index (κ3) is 3.65. The fraction of sp³-hybridized carbons (Fsp3) is 0.333. The van der Waals surface area contributed by atoms with Crippen molar-refractivity contribution in [3.05, 3.63) is 62.9 Å². The number of aryl methyl sites for hydroxylation is 2. The Kier molecular flexibility index (Phi) is 5.81. The number of pyridine rings is 1. The number of benzene rings is 1. The first-order valence-corrected chi connectivity index (χ1v) is 9.46. The van der Waals surface area contributed by atoms with Crippen LogP contribution in [0.5, 0.6) is 5.75 Å². The zero-order valence-corrected chi connectivity index (χ0v) is 17.0. The first kappa shape index (κ1) is 20.3. The predicted molar refractivity (Wildman–Crippen MR) is 112 cm³/mol. The molecule has 8 nitrogen and oxygen atoms in total. The van der Waals surface area contributed by atoms with E-state index in [1.807, 2.05) is 32.0 Å². The number of aromatic nitrogens is 3. The fourth-order valence-corrected chi connectivity index (χ4v) is 3.20. The highest BCUT2D eigenvalue weighted by Gasteiger charge is 2.21. The van der Waals surface area contributed by atoms with Gasteiger partial charge in [0.2, 0.25) is 5.91 Å². The average Bonchev–Trinajstić information content (AvgIpc) is 2.75.